The fourth-order valence-electron chi connectivity index (χ4n) is 3.81. The molecule has 0 aliphatic heterocycles. The van der Waals surface area contributed by atoms with Gasteiger partial charge in [0.05, 0.1) is 17.9 Å². The zero-order valence-corrected chi connectivity index (χ0v) is 12.8. The van der Waals surface area contributed by atoms with Crippen LogP contribution in [0.15, 0.2) is 6.20 Å². The molecule has 114 valence electrons. The number of ether oxygens (including phenoxy) is 1. The molecule has 0 saturated heterocycles. The number of aryl methyl sites for hydroxylation is 1. The number of aromatic nitrogens is 2. The van der Waals surface area contributed by atoms with Gasteiger partial charge in [-0.3, -0.25) is 0 Å². The molecular formula is C16H23N3O2. The smallest absolute Gasteiger partial charge is 0.341 e. The van der Waals surface area contributed by atoms with Gasteiger partial charge in [-0.2, -0.15) is 0 Å². The van der Waals surface area contributed by atoms with E-state index in [-0.39, 0.29) is 5.97 Å². The fourth-order valence-corrected chi connectivity index (χ4v) is 3.81. The molecule has 1 aromatic heterocycles. The number of carbonyl (C=O) groups excluding carboxylic acids is 1. The van der Waals surface area contributed by atoms with E-state index in [1.165, 1.54) is 25.7 Å². The largest absolute Gasteiger partial charge is 0.462 e. The van der Waals surface area contributed by atoms with Crippen LogP contribution in [0.1, 0.15) is 48.7 Å². The van der Waals surface area contributed by atoms with Crippen molar-refractivity contribution in [3.05, 3.63) is 17.5 Å². The van der Waals surface area contributed by atoms with E-state index < -0.39 is 0 Å². The first-order valence-electron chi connectivity index (χ1n) is 7.92. The Morgan fingerprint density at radius 2 is 2.29 bits per heavy atom. The Hall–Kier alpha value is -1.65. The predicted molar refractivity (Wildman–Crippen MR) is 80.2 cm³/mol. The van der Waals surface area contributed by atoms with Crippen molar-refractivity contribution in [2.45, 2.75) is 39.5 Å². The Bertz CT molecular complexity index is 532. The lowest BCUT2D eigenvalue weighted by atomic mass is 9.89. The molecule has 0 radical (unpaired) electrons. The van der Waals surface area contributed by atoms with Gasteiger partial charge in [0.25, 0.3) is 0 Å². The molecule has 0 aromatic carbocycles. The van der Waals surface area contributed by atoms with E-state index in [4.69, 9.17) is 4.74 Å². The van der Waals surface area contributed by atoms with E-state index in [1.807, 2.05) is 6.92 Å². The van der Waals surface area contributed by atoms with E-state index in [0.717, 1.165) is 24.3 Å². The number of carbonyl (C=O) groups is 1. The maximum atomic E-state index is 11.7. The number of anilines is 1. The normalized spacial score (nSPS) is 26.9. The summed E-state index contributed by atoms with van der Waals surface area (Å²) in [5.74, 6) is 2.87. The third kappa shape index (κ3) is 3.01. The summed E-state index contributed by atoms with van der Waals surface area (Å²) in [4.78, 5) is 20.3. The topological polar surface area (TPSA) is 64.1 Å². The van der Waals surface area contributed by atoms with Crippen LogP contribution in [-0.2, 0) is 4.74 Å². The zero-order valence-electron chi connectivity index (χ0n) is 12.8. The van der Waals surface area contributed by atoms with E-state index in [2.05, 4.69) is 15.3 Å². The van der Waals surface area contributed by atoms with E-state index in [1.54, 1.807) is 13.1 Å². The van der Waals surface area contributed by atoms with Crippen LogP contribution in [0.3, 0.4) is 0 Å². The summed E-state index contributed by atoms with van der Waals surface area (Å²) >= 11 is 0. The van der Waals surface area contributed by atoms with Gasteiger partial charge in [0, 0.05) is 12.7 Å². The molecule has 1 aromatic rings. The monoisotopic (exact) mass is 289 g/mol. The highest BCUT2D eigenvalue weighted by molar-refractivity contribution is 5.90. The van der Waals surface area contributed by atoms with Gasteiger partial charge in [-0.05, 0) is 50.9 Å². The first-order valence-corrected chi connectivity index (χ1v) is 7.92. The summed E-state index contributed by atoms with van der Waals surface area (Å²) in [7, 11) is 0. The maximum Gasteiger partial charge on any atom is 0.341 e. The molecular weight excluding hydrogens is 266 g/mol. The summed E-state index contributed by atoms with van der Waals surface area (Å²) in [6.07, 6.45) is 7.12. The molecule has 2 saturated carbocycles. The van der Waals surface area contributed by atoms with Crippen molar-refractivity contribution in [3.8, 4) is 0 Å². The highest BCUT2D eigenvalue weighted by Gasteiger charge is 2.39. The average molecular weight is 289 g/mol. The zero-order chi connectivity index (χ0) is 14.8. The molecule has 1 heterocycles. The van der Waals surface area contributed by atoms with Crippen LogP contribution in [-0.4, -0.2) is 29.1 Å². The second kappa shape index (κ2) is 6.00. The molecule has 3 atom stereocenters. The van der Waals surface area contributed by atoms with Crippen molar-refractivity contribution in [3.63, 3.8) is 0 Å². The molecule has 5 heteroatoms. The van der Waals surface area contributed by atoms with Crippen molar-refractivity contribution >= 4 is 11.9 Å². The molecule has 3 rings (SSSR count). The third-order valence-corrected chi connectivity index (χ3v) is 4.88. The van der Waals surface area contributed by atoms with Crippen molar-refractivity contribution in [1.29, 1.82) is 0 Å². The molecule has 3 unspecified atom stereocenters. The van der Waals surface area contributed by atoms with Crippen molar-refractivity contribution in [2.75, 3.05) is 18.5 Å². The Kier molecular flexibility index (Phi) is 4.08. The van der Waals surface area contributed by atoms with Gasteiger partial charge in [-0.25, -0.2) is 14.8 Å². The van der Waals surface area contributed by atoms with Crippen LogP contribution in [0.2, 0.25) is 0 Å². The minimum absolute atomic E-state index is 0.352. The minimum atomic E-state index is -0.352. The standard InChI is InChI=1S/C16H23N3O2/c1-3-21-15(20)14-9-18-16(19-10(14)2)17-8-13-7-11-4-5-12(13)6-11/h9,11-13H,3-8H2,1-2H3,(H,17,18,19). The maximum absolute atomic E-state index is 11.7. The summed E-state index contributed by atoms with van der Waals surface area (Å²) in [6, 6.07) is 0. The van der Waals surface area contributed by atoms with Gasteiger partial charge in [-0.1, -0.05) is 6.42 Å². The highest BCUT2D eigenvalue weighted by atomic mass is 16.5. The van der Waals surface area contributed by atoms with E-state index in [9.17, 15) is 4.79 Å². The Morgan fingerprint density at radius 3 is 2.90 bits per heavy atom. The van der Waals surface area contributed by atoms with E-state index >= 15 is 0 Å². The van der Waals surface area contributed by atoms with Gasteiger partial charge < -0.3 is 10.1 Å². The van der Waals surface area contributed by atoms with Crippen LogP contribution < -0.4 is 5.32 Å². The number of fused-ring (bicyclic) bond motifs is 2. The summed E-state index contributed by atoms with van der Waals surface area (Å²) < 4.78 is 4.98. The third-order valence-electron chi connectivity index (χ3n) is 4.88. The summed E-state index contributed by atoms with van der Waals surface area (Å²) in [6.45, 7) is 4.91. The van der Waals surface area contributed by atoms with Crippen molar-refractivity contribution < 1.29 is 9.53 Å². The highest BCUT2D eigenvalue weighted by Crippen LogP contribution is 2.48. The fraction of sp³-hybridized carbons (Fsp3) is 0.688. The number of hydrogen-bond donors (Lipinski definition) is 1. The first kappa shape index (κ1) is 14.3. The summed E-state index contributed by atoms with van der Waals surface area (Å²) in [5, 5.41) is 3.34. The molecule has 5 nitrogen and oxygen atoms in total. The Labute approximate surface area is 125 Å². The molecule has 2 fully saturated rings. The Morgan fingerprint density at radius 1 is 1.43 bits per heavy atom. The molecule has 2 aliphatic rings. The van der Waals surface area contributed by atoms with Gasteiger partial charge >= 0.3 is 5.97 Å². The quantitative estimate of drug-likeness (QED) is 0.844. The lowest BCUT2D eigenvalue weighted by Crippen LogP contribution is -2.21. The molecule has 2 bridgehead atoms. The van der Waals surface area contributed by atoms with Crippen LogP contribution in [0.5, 0.6) is 0 Å². The number of rotatable bonds is 5. The van der Waals surface area contributed by atoms with Gasteiger partial charge in [0.2, 0.25) is 5.95 Å². The lowest BCUT2D eigenvalue weighted by molar-refractivity contribution is 0.0524. The van der Waals surface area contributed by atoms with Crippen LogP contribution in [0, 0.1) is 24.7 Å². The van der Waals surface area contributed by atoms with Crippen molar-refractivity contribution in [1.82, 2.24) is 9.97 Å². The first-order chi connectivity index (χ1) is 10.2. The summed E-state index contributed by atoms with van der Waals surface area (Å²) in [5.41, 5.74) is 1.11. The number of nitrogens with one attached hydrogen (secondary N) is 1. The molecule has 2 aliphatic carbocycles. The van der Waals surface area contributed by atoms with Gasteiger partial charge in [0.15, 0.2) is 0 Å². The van der Waals surface area contributed by atoms with Crippen LogP contribution >= 0.6 is 0 Å². The second-order valence-corrected chi connectivity index (χ2v) is 6.23. The van der Waals surface area contributed by atoms with Crippen LogP contribution in [0.25, 0.3) is 0 Å². The molecule has 0 spiro atoms. The molecule has 0 amide bonds. The predicted octanol–water partition coefficient (Wildman–Crippen LogP) is 2.81. The van der Waals surface area contributed by atoms with Crippen LogP contribution in [0.4, 0.5) is 5.95 Å². The van der Waals surface area contributed by atoms with E-state index in [0.29, 0.717) is 23.8 Å². The van der Waals surface area contributed by atoms with Crippen molar-refractivity contribution in [2.24, 2.45) is 17.8 Å². The number of hydrogen-bond acceptors (Lipinski definition) is 5. The molecule has 1 N–H and O–H groups in total. The Balaban J connectivity index is 1.59. The minimum Gasteiger partial charge on any atom is -0.462 e. The SMILES string of the molecule is CCOC(=O)c1cnc(NCC2CC3CCC2C3)nc1C. The van der Waals surface area contributed by atoms with Gasteiger partial charge in [-0.15, -0.1) is 0 Å². The number of nitrogens with zero attached hydrogens (tertiary/aromatic N) is 2. The van der Waals surface area contributed by atoms with Gasteiger partial charge in [0.1, 0.15) is 0 Å². The lowest BCUT2D eigenvalue weighted by Gasteiger charge is -2.21. The average Bonchev–Trinajstić information content (AvgIpc) is 3.08. The second-order valence-electron chi connectivity index (χ2n) is 6.23. The number of esters is 1. The molecule has 21 heavy (non-hydrogen) atoms.